The number of ketones is 1. The van der Waals surface area contributed by atoms with Crippen molar-refractivity contribution in [2.24, 2.45) is 7.05 Å². The van der Waals surface area contributed by atoms with Gasteiger partial charge in [0.15, 0.2) is 5.78 Å². The molecule has 31 heavy (non-hydrogen) atoms. The number of aromatic nitrogens is 4. The van der Waals surface area contributed by atoms with Gasteiger partial charge in [-0.3, -0.25) is 14.5 Å². The Kier molecular flexibility index (Phi) is 6.04. The van der Waals surface area contributed by atoms with Crippen LogP contribution in [0.15, 0.2) is 61.2 Å². The van der Waals surface area contributed by atoms with Crippen LogP contribution in [0, 0.1) is 0 Å². The van der Waals surface area contributed by atoms with E-state index in [2.05, 4.69) is 37.4 Å². The summed E-state index contributed by atoms with van der Waals surface area (Å²) >= 11 is 0. The number of anilines is 1. The first-order chi connectivity index (χ1) is 15.0. The molecule has 1 aromatic carbocycles. The highest BCUT2D eigenvalue weighted by Gasteiger charge is 2.11. The minimum atomic E-state index is 0.0216. The van der Waals surface area contributed by atoms with Gasteiger partial charge in [0.1, 0.15) is 5.82 Å². The summed E-state index contributed by atoms with van der Waals surface area (Å²) in [6.45, 7) is 1.66. The molecule has 0 unspecified atom stereocenters. The van der Waals surface area contributed by atoms with Crippen LogP contribution < -0.4 is 5.32 Å². The van der Waals surface area contributed by atoms with Crippen molar-refractivity contribution >= 4 is 22.4 Å². The van der Waals surface area contributed by atoms with Crippen LogP contribution in [0.4, 0.5) is 5.82 Å². The standard InChI is InChI=1S/C24H26N6O/c1-29(2)9-8-26-24-12-18(6-7-25-24)23(31)13-22-11-20-10-17(4-5-19(20)14-27-22)21-15-28-30(3)16-21/h4-7,10-12,14-16H,8-9,13H2,1-3H3,(H,25,26). The number of carbonyl (C=O) groups is 1. The third kappa shape index (κ3) is 5.13. The topological polar surface area (TPSA) is 75.9 Å². The van der Waals surface area contributed by atoms with E-state index in [9.17, 15) is 4.79 Å². The van der Waals surface area contributed by atoms with Crippen molar-refractivity contribution in [1.82, 2.24) is 24.6 Å². The number of rotatable bonds is 8. The van der Waals surface area contributed by atoms with E-state index in [-0.39, 0.29) is 12.2 Å². The average molecular weight is 415 g/mol. The number of hydrogen-bond acceptors (Lipinski definition) is 6. The summed E-state index contributed by atoms with van der Waals surface area (Å²) in [6.07, 6.45) is 7.57. The quantitative estimate of drug-likeness (QED) is 0.445. The van der Waals surface area contributed by atoms with Crippen molar-refractivity contribution in [3.63, 3.8) is 0 Å². The van der Waals surface area contributed by atoms with Gasteiger partial charge in [-0.1, -0.05) is 12.1 Å². The molecule has 1 N–H and O–H groups in total. The van der Waals surface area contributed by atoms with E-state index in [4.69, 9.17) is 0 Å². The van der Waals surface area contributed by atoms with Gasteiger partial charge in [0.25, 0.3) is 0 Å². The highest BCUT2D eigenvalue weighted by molar-refractivity contribution is 5.98. The van der Waals surface area contributed by atoms with Gasteiger partial charge in [-0.25, -0.2) is 4.98 Å². The molecule has 0 saturated carbocycles. The number of likely N-dealkylation sites (N-methyl/N-ethyl adjacent to an activating group) is 1. The lowest BCUT2D eigenvalue weighted by molar-refractivity contribution is 0.0992. The summed E-state index contributed by atoms with van der Waals surface area (Å²) in [4.78, 5) is 23.7. The minimum Gasteiger partial charge on any atom is -0.369 e. The Hall–Kier alpha value is -3.58. The first kappa shape index (κ1) is 20.7. The number of pyridine rings is 2. The molecule has 4 rings (SSSR count). The number of hydrogen-bond donors (Lipinski definition) is 1. The highest BCUT2D eigenvalue weighted by atomic mass is 16.1. The molecule has 4 aromatic rings. The van der Waals surface area contributed by atoms with E-state index >= 15 is 0 Å². The van der Waals surface area contributed by atoms with Crippen molar-refractivity contribution in [3.8, 4) is 11.1 Å². The van der Waals surface area contributed by atoms with Crippen LogP contribution in [-0.2, 0) is 13.5 Å². The number of nitrogens with zero attached hydrogens (tertiary/aromatic N) is 5. The second kappa shape index (κ2) is 9.06. The van der Waals surface area contributed by atoms with Gasteiger partial charge in [-0.05, 0) is 49.3 Å². The van der Waals surface area contributed by atoms with E-state index in [0.29, 0.717) is 11.4 Å². The molecule has 7 heteroatoms. The zero-order valence-corrected chi connectivity index (χ0v) is 18.0. The lowest BCUT2D eigenvalue weighted by Gasteiger charge is -2.11. The fourth-order valence-electron chi connectivity index (χ4n) is 3.41. The fraction of sp³-hybridized carbons (Fsp3) is 0.250. The Bertz CT molecular complexity index is 1210. The summed E-state index contributed by atoms with van der Waals surface area (Å²) in [7, 11) is 5.94. The third-order valence-electron chi connectivity index (χ3n) is 5.11. The number of carbonyl (C=O) groups excluding carboxylic acids is 1. The van der Waals surface area contributed by atoms with Gasteiger partial charge < -0.3 is 10.2 Å². The Balaban J connectivity index is 1.50. The maximum absolute atomic E-state index is 12.9. The second-order valence-corrected chi connectivity index (χ2v) is 7.90. The van der Waals surface area contributed by atoms with E-state index < -0.39 is 0 Å². The molecule has 3 aromatic heterocycles. The highest BCUT2D eigenvalue weighted by Crippen LogP contribution is 2.24. The lowest BCUT2D eigenvalue weighted by Crippen LogP contribution is -2.21. The average Bonchev–Trinajstić information content (AvgIpc) is 3.19. The van der Waals surface area contributed by atoms with Gasteiger partial charge in [-0.15, -0.1) is 0 Å². The summed E-state index contributed by atoms with van der Waals surface area (Å²) in [6, 6.07) is 11.8. The van der Waals surface area contributed by atoms with Crippen LogP contribution in [-0.4, -0.2) is 57.6 Å². The van der Waals surface area contributed by atoms with Crippen molar-refractivity contribution in [2.75, 3.05) is 32.5 Å². The molecule has 0 amide bonds. The van der Waals surface area contributed by atoms with Crippen LogP contribution in [0.5, 0.6) is 0 Å². The zero-order valence-electron chi connectivity index (χ0n) is 18.0. The molecular weight excluding hydrogens is 388 g/mol. The van der Waals surface area contributed by atoms with Crippen molar-refractivity contribution < 1.29 is 4.79 Å². The molecular formula is C24H26N6O. The molecule has 0 atom stereocenters. The SMILES string of the molecule is CN(C)CCNc1cc(C(=O)Cc2cc3cc(-c4cnn(C)c4)ccc3cn2)ccn1. The Morgan fingerprint density at radius 3 is 2.68 bits per heavy atom. The molecule has 3 heterocycles. The number of benzene rings is 1. The van der Waals surface area contributed by atoms with Gasteiger partial charge in [0.2, 0.25) is 0 Å². The van der Waals surface area contributed by atoms with Crippen LogP contribution in [0.1, 0.15) is 16.1 Å². The van der Waals surface area contributed by atoms with Crippen molar-refractivity contribution in [2.45, 2.75) is 6.42 Å². The number of nitrogens with one attached hydrogen (secondary N) is 1. The Morgan fingerprint density at radius 1 is 1.03 bits per heavy atom. The molecule has 158 valence electrons. The van der Waals surface area contributed by atoms with Gasteiger partial charge in [0, 0.05) is 60.9 Å². The van der Waals surface area contributed by atoms with E-state index in [0.717, 1.165) is 40.7 Å². The summed E-state index contributed by atoms with van der Waals surface area (Å²) < 4.78 is 1.79. The summed E-state index contributed by atoms with van der Waals surface area (Å²) in [5.74, 6) is 0.730. The minimum absolute atomic E-state index is 0.0216. The van der Waals surface area contributed by atoms with Gasteiger partial charge >= 0.3 is 0 Å². The molecule has 0 radical (unpaired) electrons. The van der Waals surface area contributed by atoms with Crippen LogP contribution in [0.2, 0.25) is 0 Å². The number of aryl methyl sites for hydroxylation is 1. The first-order valence-corrected chi connectivity index (χ1v) is 10.2. The molecule has 0 aliphatic carbocycles. The normalized spacial score (nSPS) is 11.2. The van der Waals surface area contributed by atoms with E-state index in [1.807, 2.05) is 51.9 Å². The van der Waals surface area contributed by atoms with Crippen LogP contribution >= 0.6 is 0 Å². The maximum atomic E-state index is 12.9. The van der Waals surface area contributed by atoms with E-state index in [1.54, 1.807) is 23.0 Å². The van der Waals surface area contributed by atoms with Crippen molar-refractivity contribution in [3.05, 3.63) is 72.4 Å². The zero-order chi connectivity index (χ0) is 21.8. The van der Waals surface area contributed by atoms with Gasteiger partial charge in [0.05, 0.1) is 12.6 Å². The Labute approximate surface area is 181 Å². The largest absolute Gasteiger partial charge is 0.369 e. The molecule has 0 aliphatic heterocycles. The molecule has 0 saturated heterocycles. The first-order valence-electron chi connectivity index (χ1n) is 10.2. The molecule has 0 bridgehead atoms. The van der Waals surface area contributed by atoms with Crippen molar-refractivity contribution in [1.29, 1.82) is 0 Å². The molecule has 0 aliphatic rings. The lowest BCUT2D eigenvalue weighted by atomic mass is 10.0. The summed E-state index contributed by atoms with van der Waals surface area (Å²) in [5, 5.41) is 9.60. The van der Waals surface area contributed by atoms with Crippen LogP contribution in [0.3, 0.4) is 0 Å². The predicted octanol–water partition coefficient (Wildman–Crippen LogP) is 3.43. The third-order valence-corrected chi connectivity index (χ3v) is 5.11. The molecule has 7 nitrogen and oxygen atoms in total. The smallest absolute Gasteiger partial charge is 0.169 e. The molecule has 0 spiro atoms. The maximum Gasteiger partial charge on any atom is 0.169 e. The summed E-state index contributed by atoms with van der Waals surface area (Å²) in [5.41, 5.74) is 3.53. The number of Topliss-reactive ketones (excluding diaryl/α,β-unsaturated/α-hetero) is 1. The van der Waals surface area contributed by atoms with Crippen LogP contribution in [0.25, 0.3) is 21.9 Å². The second-order valence-electron chi connectivity index (χ2n) is 7.90. The Morgan fingerprint density at radius 2 is 1.90 bits per heavy atom. The van der Waals surface area contributed by atoms with E-state index in [1.165, 1.54) is 0 Å². The number of fused-ring (bicyclic) bond motifs is 1. The predicted molar refractivity (Wildman–Crippen MR) is 123 cm³/mol. The monoisotopic (exact) mass is 414 g/mol. The fourth-order valence-corrected chi connectivity index (χ4v) is 3.41. The van der Waals surface area contributed by atoms with Gasteiger partial charge in [-0.2, -0.15) is 5.10 Å². The molecule has 0 fully saturated rings.